The van der Waals surface area contributed by atoms with Gasteiger partial charge in [-0.2, -0.15) is 0 Å². The Labute approximate surface area is 180 Å². The van der Waals surface area contributed by atoms with Crippen molar-refractivity contribution in [1.82, 2.24) is 4.98 Å². The third-order valence-electron chi connectivity index (χ3n) is 7.74. The average molecular weight is 400 g/mol. The van der Waals surface area contributed by atoms with E-state index in [0.29, 0.717) is 0 Å². The van der Waals surface area contributed by atoms with Crippen LogP contribution in [-0.2, 0) is 6.42 Å². The Morgan fingerprint density at radius 2 is 1.45 bits per heavy atom. The third-order valence-corrected chi connectivity index (χ3v) is 7.74. The molecule has 164 valence electrons. The van der Waals surface area contributed by atoms with Gasteiger partial charge in [-0.25, -0.2) is 0 Å². The molecule has 0 unspecified atom stereocenters. The van der Waals surface area contributed by atoms with Gasteiger partial charge < -0.3 is 4.74 Å². The van der Waals surface area contributed by atoms with Crippen LogP contribution in [0.3, 0.4) is 0 Å². The van der Waals surface area contributed by atoms with Crippen LogP contribution < -0.4 is 4.74 Å². The molecule has 29 heavy (non-hydrogen) atoms. The first-order valence-electron chi connectivity index (χ1n) is 12.9. The van der Waals surface area contributed by atoms with Gasteiger partial charge in [-0.1, -0.05) is 65.2 Å². The van der Waals surface area contributed by atoms with Crippen LogP contribution in [0.25, 0.3) is 0 Å². The van der Waals surface area contributed by atoms with E-state index in [9.17, 15) is 0 Å². The highest BCUT2D eigenvalue weighted by Crippen LogP contribution is 2.43. The fraction of sp³-hybridized carbons (Fsp3) is 0.815. The summed E-state index contributed by atoms with van der Waals surface area (Å²) in [4.78, 5) is 4.61. The summed E-state index contributed by atoms with van der Waals surface area (Å²) < 4.78 is 5.64. The summed E-state index contributed by atoms with van der Waals surface area (Å²) >= 11 is 0. The quantitative estimate of drug-likeness (QED) is 0.352. The summed E-state index contributed by atoms with van der Waals surface area (Å²) in [7, 11) is 0. The van der Waals surface area contributed by atoms with Crippen LogP contribution in [0.1, 0.15) is 109 Å². The standard InChI is InChI=1S/C27H45NO/c1-3-5-6-7-22-8-13-24(14-9-22)25-15-10-23(11-16-25)12-17-26-18-19-27(21-28-26)29-20-4-2/h18-19,21-25H,3-17,20H2,1-2H3. The highest BCUT2D eigenvalue weighted by molar-refractivity contribution is 5.19. The van der Waals surface area contributed by atoms with E-state index >= 15 is 0 Å². The Hall–Kier alpha value is -1.05. The minimum atomic E-state index is 0.783. The first-order chi connectivity index (χ1) is 14.3. The maximum absolute atomic E-state index is 5.64. The molecule has 0 N–H and O–H groups in total. The van der Waals surface area contributed by atoms with Crippen molar-refractivity contribution >= 4 is 0 Å². The van der Waals surface area contributed by atoms with Gasteiger partial charge in [0.1, 0.15) is 5.75 Å². The molecule has 0 saturated heterocycles. The van der Waals surface area contributed by atoms with Gasteiger partial charge in [-0.15, -0.1) is 0 Å². The lowest BCUT2D eigenvalue weighted by Crippen LogP contribution is -2.26. The summed E-state index contributed by atoms with van der Waals surface area (Å²) in [6.45, 7) is 5.24. The SMILES string of the molecule is CCCCCC1CCC(C2CCC(CCc3ccc(OCCC)cn3)CC2)CC1. The van der Waals surface area contributed by atoms with E-state index < -0.39 is 0 Å². The fourth-order valence-corrected chi connectivity index (χ4v) is 5.80. The van der Waals surface area contributed by atoms with Crippen molar-refractivity contribution < 1.29 is 4.74 Å². The molecular weight excluding hydrogens is 354 g/mol. The maximum Gasteiger partial charge on any atom is 0.137 e. The second-order valence-electron chi connectivity index (χ2n) is 9.93. The third kappa shape index (κ3) is 7.61. The lowest BCUT2D eigenvalue weighted by atomic mass is 9.68. The molecule has 0 aliphatic heterocycles. The fourth-order valence-electron chi connectivity index (χ4n) is 5.80. The van der Waals surface area contributed by atoms with E-state index in [1.807, 2.05) is 6.20 Å². The molecule has 2 fully saturated rings. The molecule has 3 rings (SSSR count). The van der Waals surface area contributed by atoms with Crippen LogP contribution in [0, 0.1) is 23.7 Å². The van der Waals surface area contributed by atoms with Crippen LogP contribution >= 0.6 is 0 Å². The smallest absolute Gasteiger partial charge is 0.137 e. The van der Waals surface area contributed by atoms with Crippen LogP contribution in [0.5, 0.6) is 5.75 Å². The van der Waals surface area contributed by atoms with Gasteiger partial charge in [-0.3, -0.25) is 4.98 Å². The number of unbranched alkanes of at least 4 members (excludes halogenated alkanes) is 2. The highest BCUT2D eigenvalue weighted by atomic mass is 16.5. The van der Waals surface area contributed by atoms with Crippen LogP contribution in [0.4, 0.5) is 0 Å². The molecule has 2 aliphatic carbocycles. The Morgan fingerprint density at radius 3 is 2.00 bits per heavy atom. The minimum absolute atomic E-state index is 0.783. The van der Waals surface area contributed by atoms with E-state index in [-0.39, 0.29) is 0 Å². The van der Waals surface area contributed by atoms with Crippen molar-refractivity contribution in [3.8, 4) is 5.75 Å². The molecule has 0 radical (unpaired) electrons. The van der Waals surface area contributed by atoms with Crippen molar-refractivity contribution in [2.75, 3.05) is 6.61 Å². The molecule has 1 heterocycles. The highest BCUT2D eigenvalue weighted by Gasteiger charge is 2.30. The number of pyridine rings is 1. The zero-order valence-electron chi connectivity index (χ0n) is 19.2. The largest absolute Gasteiger partial charge is 0.492 e. The normalized spacial score (nSPS) is 27.7. The Morgan fingerprint density at radius 1 is 0.793 bits per heavy atom. The Bertz CT molecular complexity index is 538. The maximum atomic E-state index is 5.64. The van der Waals surface area contributed by atoms with Crippen molar-refractivity contribution in [2.24, 2.45) is 23.7 Å². The van der Waals surface area contributed by atoms with Crippen molar-refractivity contribution in [3.63, 3.8) is 0 Å². The summed E-state index contributed by atoms with van der Waals surface area (Å²) in [5.41, 5.74) is 1.23. The molecule has 0 atom stereocenters. The second kappa shape index (κ2) is 12.6. The molecule has 2 nitrogen and oxygen atoms in total. The minimum Gasteiger partial charge on any atom is -0.492 e. The Kier molecular flexibility index (Phi) is 9.83. The van der Waals surface area contributed by atoms with Gasteiger partial charge in [0, 0.05) is 5.69 Å². The second-order valence-corrected chi connectivity index (χ2v) is 9.93. The molecule has 0 amide bonds. The van der Waals surface area contributed by atoms with E-state index in [1.54, 1.807) is 0 Å². The van der Waals surface area contributed by atoms with Crippen molar-refractivity contribution in [1.29, 1.82) is 0 Å². The number of hydrogen-bond acceptors (Lipinski definition) is 2. The average Bonchev–Trinajstić information content (AvgIpc) is 2.78. The number of rotatable bonds is 11. The molecule has 1 aromatic rings. The molecular formula is C27H45NO. The predicted molar refractivity (Wildman–Crippen MR) is 123 cm³/mol. The summed E-state index contributed by atoms with van der Waals surface area (Å²) in [6, 6.07) is 4.25. The predicted octanol–water partition coefficient (Wildman–Crippen LogP) is 8.00. The number of nitrogens with zero attached hydrogens (tertiary/aromatic N) is 1. The first-order valence-corrected chi connectivity index (χ1v) is 12.9. The van der Waals surface area contributed by atoms with Gasteiger partial charge in [0.2, 0.25) is 0 Å². The molecule has 2 heteroatoms. The van der Waals surface area contributed by atoms with Crippen LogP contribution in [-0.4, -0.2) is 11.6 Å². The van der Waals surface area contributed by atoms with E-state index in [0.717, 1.165) is 48.9 Å². The van der Waals surface area contributed by atoms with E-state index in [2.05, 4.69) is 31.0 Å². The lowest BCUT2D eigenvalue weighted by molar-refractivity contribution is 0.140. The number of ether oxygens (including phenoxy) is 1. The van der Waals surface area contributed by atoms with Gasteiger partial charge in [0.05, 0.1) is 12.8 Å². The van der Waals surface area contributed by atoms with Crippen molar-refractivity contribution in [2.45, 2.75) is 110 Å². The Balaban J connectivity index is 1.30. The van der Waals surface area contributed by atoms with Crippen LogP contribution in [0.2, 0.25) is 0 Å². The molecule has 2 aliphatic rings. The molecule has 0 bridgehead atoms. The number of aromatic nitrogens is 1. The van der Waals surface area contributed by atoms with Gasteiger partial charge in [0.15, 0.2) is 0 Å². The summed E-state index contributed by atoms with van der Waals surface area (Å²) in [5.74, 6) is 4.98. The number of hydrogen-bond donors (Lipinski definition) is 0. The first kappa shape index (κ1) is 22.6. The molecule has 1 aromatic heterocycles. The zero-order valence-corrected chi connectivity index (χ0v) is 19.2. The summed E-state index contributed by atoms with van der Waals surface area (Å²) in [6.07, 6.45) is 23.2. The monoisotopic (exact) mass is 399 g/mol. The van der Waals surface area contributed by atoms with Gasteiger partial charge in [-0.05, 0) is 80.8 Å². The molecule has 0 spiro atoms. The van der Waals surface area contributed by atoms with Crippen LogP contribution in [0.15, 0.2) is 18.3 Å². The van der Waals surface area contributed by atoms with Gasteiger partial charge >= 0.3 is 0 Å². The lowest BCUT2D eigenvalue weighted by Gasteiger charge is -2.38. The van der Waals surface area contributed by atoms with Crippen molar-refractivity contribution in [3.05, 3.63) is 24.0 Å². The topological polar surface area (TPSA) is 22.1 Å². The number of aryl methyl sites for hydroxylation is 1. The summed E-state index contributed by atoms with van der Waals surface area (Å²) in [5, 5.41) is 0. The molecule has 0 aromatic carbocycles. The van der Waals surface area contributed by atoms with E-state index in [1.165, 1.54) is 89.2 Å². The van der Waals surface area contributed by atoms with Gasteiger partial charge in [0.25, 0.3) is 0 Å². The van der Waals surface area contributed by atoms with E-state index in [4.69, 9.17) is 4.74 Å². The zero-order chi connectivity index (χ0) is 20.3. The molecule has 2 saturated carbocycles.